The summed E-state index contributed by atoms with van der Waals surface area (Å²) < 4.78 is 54.2. The average molecular weight is 424 g/mol. The van der Waals surface area contributed by atoms with Crippen LogP contribution in [0, 0.1) is 6.92 Å². The van der Waals surface area contributed by atoms with Crippen molar-refractivity contribution in [2.75, 3.05) is 33.2 Å². The van der Waals surface area contributed by atoms with Crippen LogP contribution in [0.3, 0.4) is 0 Å². The Labute approximate surface area is 167 Å². The summed E-state index contributed by atoms with van der Waals surface area (Å²) in [6.07, 6.45) is 0. The van der Waals surface area contributed by atoms with Crippen LogP contribution in [-0.4, -0.2) is 59.3 Å². The van der Waals surface area contributed by atoms with E-state index < -0.39 is 20.0 Å². The van der Waals surface area contributed by atoms with E-state index in [-0.39, 0.29) is 16.3 Å². The summed E-state index contributed by atoms with van der Waals surface area (Å²) in [5.41, 5.74) is 1.67. The van der Waals surface area contributed by atoms with E-state index in [9.17, 15) is 16.8 Å². The second kappa shape index (κ2) is 8.30. The van der Waals surface area contributed by atoms with Crippen molar-refractivity contribution in [2.24, 2.45) is 0 Å². The molecule has 3 rings (SSSR count). The Morgan fingerprint density at radius 3 is 1.93 bits per heavy atom. The molecule has 28 heavy (non-hydrogen) atoms. The fourth-order valence-electron chi connectivity index (χ4n) is 2.94. The first-order valence-corrected chi connectivity index (χ1v) is 11.9. The molecule has 0 spiro atoms. The van der Waals surface area contributed by atoms with Crippen molar-refractivity contribution < 1.29 is 16.8 Å². The minimum Gasteiger partial charge on any atom is -0.304 e. The number of benzene rings is 2. The molecule has 2 aromatic carbocycles. The number of likely N-dealkylation sites (N-methyl/N-ethyl adjacent to an activating group) is 1. The van der Waals surface area contributed by atoms with E-state index in [4.69, 9.17) is 0 Å². The first kappa shape index (κ1) is 20.9. The summed E-state index contributed by atoms with van der Waals surface area (Å²) in [6, 6.07) is 12.9. The van der Waals surface area contributed by atoms with Gasteiger partial charge in [-0.05, 0) is 43.8 Å². The van der Waals surface area contributed by atoms with Gasteiger partial charge in [0, 0.05) is 32.7 Å². The van der Waals surface area contributed by atoms with Gasteiger partial charge in [0.15, 0.2) is 0 Å². The third-order valence-corrected chi connectivity index (χ3v) is 8.15. The Morgan fingerprint density at radius 1 is 0.821 bits per heavy atom. The normalized spacial score (nSPS) is 16.9. The van der Waals surface area contributed by atoms with E-state index in [1.54, 1.807) is 36.4 Å². The number of sulfonamides is 2. The molecule has 9 heteroatoms. The molecule has 1 fully saturated rings. The van der Waals surface area contributed by atoms with Gasteiger partial charge in [-0.25, -0.2) is 21.6 Å². The molecular formula is C19H25N3O4S2. The molecule has 0 aliphatic carbocycles. The van der Waals surface area contributed by atoms with Crippen molar-refractivity contribution in [2.45, 2.75) is 23.3 Å². The van der Waals surface area contributed by atoms with E-state index in [0.29, 0.717) is 31.7 Å². The molecule has 0 bridgehead atoms. The quantitative estimate of drug-likeness (QED) is 0.759. The minimum atomic E-state index is -3.62. The van der Waals surface area contributed by atoms with E-state index in [0.717, 1.165) is 5.56 Å². The van der Waals surface area contributed by atoms with Crippen molar-refractivity contribution in [3.63, 3.8) is 0 Å². The van der Waals surface area contributed by atoms with Gasteiger partial charge in [0.05, 0.1) is 9.79 Å². The molecule has 0 aromatic heterocycles. The van der Waals surface area contributed by atoms with Crippen molar-refractivity contribution in [3.8, 4) is 0 Å². The molecule has 0 radical (unpaired) electrons. The summed E-state index contributed by atoms with van der Waals surface area (Å²) >= 11 is 0. The van der Waals surface area contributed by atoms with Gasteiger partial charge in [0.25, 0.3) is 0 Å². The van der Waals surface area contributed by atoms with Gasteiger partial charge in [-0.1, -0.05) is 29.8 Å². The Bertz CT molecular complexity index is 1010. The van der Waals surface area contributed by atoms with Crippen LogP contribution in [0.1, 0.15) is 11.1 Å². The molecule has 0 unspecified atom stereocenters. The predicted molar refractivity (Wildman–Crippen MR) is 108 cm³/mol. The molecule has 152 valence electrons. The molecule has 1 saturated heterocycles. The average Bonchev–Trinajstić information content (AvgIpc) is 2.67. The number of rotatable bonds is 6. The Kier molecular flexibility index (Phi) is 6.21. The number of nitrogens with one attached hydrogen (secondary N) is 1. The molecule has 0 saturated carbocycles. The molecule has 2 aromatic rings. The SMILES string of the molecule is Cc1ccc(S(=O)(=O)NCc2ccc(S(=O)(=O)N3CCN(C)CC3)cc2)cc1. The molecule has 1 aliphatic heterocycles. The second-order valence-electron chi connectivity index (χ2n) is 6.99. The Morgan fingerprint density at radius 2 is 1.36 bits per heavy atom. The van der Waals surface area contributed by atoms with Crippen LogP contribution in [0.4, 0.5) is 0 Å². The largest absolute Gasteiger partial charge is 0.304 e. The number of piperazine rings is 1. The third-order valence-electron chi connectivity index (χ3n) is 4.82. The molecule has 0 amide bonds. The van der Waals surface area contributed by atoms with Gasteiger partial charge in [-0.2, -0.15) is 4.31 Å². The monoisotopic (exact) mass is 423 g/mol. The van der Waals surface area contributed by atoms with Crippen molar-refractivity contribution in [3.05, 3.63) is 59.7 Å². The lowest BCUT2D eigenvalue weighted by Gasteiger charge is -2.31. The standard InChI is InChI=1S/C19H25N3O4S2/c1-16-3-7-18(8-4-16)27(23,24)20-15-17-5-9-19(10-6-17)28(25,26)22-13-11-21(2)12-14-22/h3-10,20H,11-15H2,1-2H3. The Hall–Kier alpha value is -1.78. The molecule has 1 heterocycles. The zero-order valence-corrected chi connectivity index (χ0v) is 17.6. The molecule has 1 N–H and O–H groups in total. The minimum absolute atomic E-state index is 0.0883. The highest BCUT2D eigenvalue weighted by Crippen LogP contribution is 2.18. The lowest BCUT2D eigenvalue weighted by atomic mass is 10.2. The van der Waals surface area contributed by atoms with Gasteiger partial charge in [-0.3, -0.25) is 0 Å². The van der Waals surface area contributed by atoms with Crippen molar-refractivity contribution in [1.29, 1.82) is 0 Å². The summed E-state index contributed by atoms with van der Waals surface area (Å²) in [7, 11) is -5.17. The lowest BCUT2D eigenvalue weighted by molar-refractivity contribution is 0.222. The maximum atomic E-state index is 12.7. The van der Waals surface area contributed by atoms with Crippen molar-refractivity contribution >= 4 is 20.0 Å². The summed E-state index contributed by atoms with van der Waals surface area (Å²) in [5.74, 6) is 0. The number of hydrogen-bond acceptors (Lipinski definition) is 5. The third kappa shape index (κ3) is 4.79. The van der Waals surface area contributed by atoms with Gasteiger partial charge < -0.3 is 4.90 Å². The second-order valence-corrected chi connectivity index (χ2v) is 10.7. The topological polar surface area (TPSA) is 86.8 Å². The maximum absolute atomic E-state index is 12.7. The predicted octanol–water partition coefficient (Wildman–Crippen LogP) is 1.41. The highest BCUT2D eigenvalue weighted by atomic mass is 32.2. The van der Waals surface area contributed by atoms with Crippen LogP contribution in [0.15, 0.2) is 58.3 Å². The summed E-state index contributed by atoms with van der Waals surface area (Å²) in [5, 5.41) is 0. The smallest absolute Gasteiger partial charge is 0.243 e. The van der Waals surface area contributed by atoms with Crippen molar-refractivity contribution in [1.82, 2.24) is 13.9 Å². The van der Waals surface area contributed by atoms with Crippen LogP contribution < -0.4 is 4.72 Å². The Balaban J connectivity index is 1.66. The number of nitrogens with zero attached hydrogens (tertiary/aromatic N) is 2. The van der Waals surface area contributed by atoms with Gasteiger partial charge in [0.1, 0.15) is 0 Å². The molecule has 1 aliphatic rings. The van der Waals surface area contributed by atoms with E-state index in [1.807, 2.05) is 14.0 Å². The molecule has 7 nitrogen and oxygen atoms in total. The van der Waals surface area contributed by atoms with Crippen LogP contribution in [-0.2, 0) is 26.6 Å². The van der Waals surface area contributed by atoms with Crippen LogP contribution in [0.2, 0.25) is 0 Å². The van der Waals surface area contributed by atoms with Gasteiger partial charge >= 0.3 is 0 Å². The zero-order chi connectivity index (χ0) is 20.4. The van der Waals surface area contributed by atoms with E-state index in [2.05, 4.69) is 9.62 Å². The van der Waals surface area contributed by atoms with Crippen LogP contribution >= 0.6 is 0 Å². The fourth-order valence-corrected chi connectivity index (χ4v) is 5.38. The summed E-state index contributed by atoms with van der Waals surface area (Å²) in [6.45, 7) is 4.33. The molecular weight excluding hydrogens is 398 g/mol. The first-order valence-electron chi connectivity index (χ1n) is 9.02. The maximum Gasteiger partial charge on any atom is 0.243 e. The van der Waals surface area contributed by atoms with Crippen LogP contribution in [0.5, 0.6) is 0 Å². The molecule has 0 atom stereocenters. The lowest BCUT2D eigenvalue weighted by Crippen LogP contribution is -2.47. The first-order chi connectivity index (χ1) is 13.2. The van der Waals surface area contributed by atoms with E-state index in [1.165, 1.54) is 16.4 Å². The number of hydrogen-bond donors (Lipinski definition) is 1. The zero-order valence-electron chi connectivity index (χ0n) is 16.0. The van der Waals surface area contributed by atoms with Gasteiger partial charge in [0.2, 0.25) is 20.0 Å². The highest BCUT2D eigenvalue weighted by Gasteiger charge is 2.27. The van der Waals surface area contributed by atoms with Crippen LogP contribution in [0.25, 0.3) is 0 Å². The fraction of sp³-hybridized carbons (Fsp3) is 0.368. The summed E-state index contributed by atoms with van der Waals surface area (Å²) in [4.78, 5) is 2.52. The van der Waals surface area contributed by atoms with Gasteiger partial charge in [-0.15, -0.1) is 0 Å². The highest BCUT2D eigenvalue weighted by molar-refractivity contribution is 7.89. The van der Waals surface area contributed by atoms with E-state index >= 15 is 0 Å². The number of aryl methyl sites for hydroxylation is 1.